The lowest BCUT2D eigenvalue weighted by atomic mass is 10.1. The molecule has 0 unspecified atom stereocenters. The molecule has 4 heterocycles. The smallest absolute Gasteiger partial charge is 0.167 e. The van der Waals surface area contributed by atoms with Gasteiger partial charge in [0.15, 0.2) is 17.5 Å². The Bertz CT molecular complexity index is 2980. The Morgan fingerprint density at radius 3 is 1.27 bits per heavy atom. The van der Waals surface area contributed by atoms with Gasteiger partial charge >= 0.3 is 0 Å². The molecule has 0 amide bonds. The Morgan fingerprint density at radius 2 is 0.725 bits per heavy atom. The highest BCUT2D eigenvalue weighted by Gasteiger charge is 2.22. The van der Waals surface area contributed by atoms with Gasteiger partial charge in [0.2, 0.25) is 0 Å². The van der Waals surface area contributed by atoms with Gasteiger partial charge in [-0.2, -0.15) is 0 Å². The van der Waals surface area contributed by atoms with Crippen molar-refractivity contribution in [2.45, 2.75) is 0 Å². The van der Waals surface area contributed by atoms with Crippen LogP contribution in [0.2, 0.25) is 0 Å². The monoisotopic (exact) mass is 654 g/mol. The third-order valence-electron chi connectivity index (χ3n) is 9.89. The number of benzene rings is 7. The molecule has 238 valence electrons. The Kier molecular flexibility index (Phi) is 5.86. The SMILES string of the molecule is c1ccc(-n2c3ccccc3c3ccccc32)c(-c2nc(-c3cccc4c3oc3ccccc34)nc(-c3cccc4c3oc3ccccc34)n2)c1. The van der Waals surface area contributed by atoms with E-state index in [2.05, 4.69) is 95.6 Å². The van der Waals surface area contributed by atoms with E-state index in [9.17, 15) is 0 Å². The molecule has 0 radical (unpaired) electrons. The summed E-state index contributed by atoms with van der Waals surface area (Å²) in [4.78, 5) is 15.7. The van der Waals surface area contributed by atoms with Crippen LogP contribution in [-0.4, -0.2) is 19.5 Å². The summed E-state index contributed by atoms with van der Waals surface area (Å²) in [5.41, 5.74) is 8.76. The van der Waals surface area contributed by atoms with E-state index in [1.165, 1.54) is 10.8 Å². The minimum absolute atomic E-state index is 0.518. The van der Waals surface area contributed by atoms with Crippen molar-refractivity contribution in [1.82, 2.24) is 19.5 Å². The molecule has 7 aromatic carbocycles. The first-order valence-electron chi connectivity index (χ1n) is 17.0. The van der Waals surface area contributed by atoms with Crippen molar-refractivity contribution in [3.63, 3.8) is 0 Å². The van der Waals surface area contributed by atoms with Gasteiger partial charge in [-0.05, 0) is 48.5 Å². The molecule has 0 aliphatic carbocycles. The minimum atomic E-state index is 0.518. The first-order chi connectivity index (χ1) is 25.3. The van der Waals surface area contributed by atoms with Gasteiger partial charge in [0.1, 0.15) is 22.3 Å². The molecule has 0 aliphatic heterocycles. The van der Waals surface area contributed by atoms with Crippen LogP contribution in [0.4, 0.5) is 0 Å². The Hall–Kier alpha value is -7.05. The molecule has 4 aromatic heterocycles. The van der Waals surface area contributed by atoms with Gasteiger partial charge in [0, 0.05) is 37.9 Å². The van der Waals surface area contributed by atoms with Gasteiger partial charge in [-0.15, -0.1) is 0 Å². The van der Waals surface area contributed by atoms with Crippen molar-refractivity contribution in [2.75, 3.05) is 0 Å². The number of aromatic nitrogens is 4. The predicted molar refractivity (Wildman–Crippen MR) is 205 cm³/mol. The molecule has 0 N–H and O–H groups in total. The maximum Gasteiger partial charge on any atom is 0.167 e. The van der Waals surface area contributed by atoms with Crippen molar-refractivity contribution in [1.29, 1.82) is 0 Å². The number of fused-ring (bicyclic) bond motifs is 9. The van der Waals surface area contributed by atoms with E-state index in [0.717, 1.165) is 77.3 Å². The van der Waals surface area contributed by atoms with E-state index in [1.807, 2.05) is 66.7 Å². The summed E-state index contributed by atoms with van der Waals surface area (Å²) in [5, 5.41) is 6.50. The zero-order valence-corrected chi connectivity index (χ0v) is 27.1. The second kappa shape index (κ2) is 10.7. The van der Waals surface area contributed by atoms with E-state index in [1.54, 1.807) is 0 Å². The highest BCUT2D eigenvalue weighted by molar-refractivity contribution is 6.11. The summed E-state index contributed by atoms with van der Waals surface area (Å²) >= 11 is 0. The van der Waals surface area contributed by atoms with Gasteiger partial charge in [-0.25, -0.2) is 15.0 Å². The molecule has 6 nitrogen and oxygen atoms in total. The average molecular weight is 655 g/mol. The standard InChI is InChI=1S/C45H26N4O2/c1-6-22-36-27(13-1)28-14-2-7-23-37(28)49(36)38-24-8-3-17-33(38)43-46-44(34-20-11-18-31-29-15-4-9-25-39(29)50-41(31)34)48-45(47-43)35-21-12-19-32-30-16-5-10-26-40(30)51-42(32)35/h1-26H. The van der Waals surface area contributed by atoms with Crippen LogP contribution < -0.4 is 0 Å². The molecule has 0 aliphatic rings. The van der Waals surface area contributed by atoms with E-state index < -0.39 is 0 Å². The Balaban J connectivity index is 1.22. The predicted octanol–water partition coefficient (Wildman–Crippen LogP) is 11.8. The number of hydrogen-bond donors (Lipinski definition) is 0. The Labute approximate surface area is 290 Å². The molecule has 0 spiro atoms. The minimum Gasteiger partial charge on any atom is -0.455 e. The second-order valence-corrected chi connectivity index (χ2v) is 12.8. The zero-order valence-electron chi connectivity index (χ0n) is 27.1. The number of furan rings is 2. The lowest BCUT2D eigenvalue weighted by Crippen LogP contribution is -2.03. The Morgan fingerprint density at radius 1 is 0.333 bits per heavy atom. The van der Waals surface area contributed by atoms with Crippen LogP contribution in [0.15, 0.2) is 167 Å². The van der Waals surface area contributed by atoms with E-state index >= 15 is 0 Å². The van der Waals surface area contributed by atoms with Crippen LogP contribution in [-0.2, 0) is 0 Å². The number of para-hydroxylation sites is 7. The highest BCUT2D eigenvalue weighted by atomic mass is 16.3. The van der Waals surface area contributed by atoms with E-state index in [4.69, 9.17) is 23.8 Å². The third-order valence-corrected chi connectivity index (χ3v) is 9.89. The molecule has 0 bridgehead atoms. The molecule has 0 atom stereocenters. The van der Waals surface area contributed by atoms with Gasteiger partial charge in [-0.1, -0.05) is 109 Å². The fourth-order valence-corrected chi connectivity index (χ4v) is 7.62. The van der Waals surface area contributed by atoms with Crippen molar-refractivity contribution < 1.29 is 8.83 Å². The normalized spacial score (nSPS) is 11.9. The maximum atomic E-state index is 6.50. The topological polar surface area (TPSA) is 69.9 Å². The van der Waals surface area contributed by atoms with Crippen molar-refractivity contribution in [3.05, 3.63) is 158 Å². The van der Waals surface area contributed by atoms with E-state index in [0.29, 0.717) is 17.5 Å². The zero-order chi connectivity index (χ0) is 33.5. The van der Waals surface area contributed by atoms with Gasteiger partial charge in [-0.3, -0.25) is 0 Å². The highest BCUT2D eigenvalue weighted by Crippen LogP contribution is 2.40. The third kappa shape index (κ3) is 4.14. The van der Waals surface area contributed by atoms with Crippen LogP contribution in [0.1, 0.15) is 0 Å². The van der Waals surface area contributed by atoms with E-state index in [-0.39, 0.29) is 0 Å². The fraction of sp³-hybridized carbons (Fsp3) is 0. The molecule has 6 heteroatoms. The fourth-order valence-electron chi connectivity index (χ4n) is 7.62. The van der Waals surface area contributed by atoms with Gasteiger partial charge < -0.3 is 13.4 Å². The summed E-state index contributed by atoms with van der Waals surface area (Å²) in [7, 11) is 0. The first kappa shape index (κ1) is 27.9. The molecule has 11 rings (SSSR count). The maximum absolute atomic E-state index is 6.50. The molecule has 51 heavy (non-hydrogen) atoms. The summed E-state index contributed by atoms with van der Waals surface area (Å²) < 4.78 is 15.3. The first-order valence-corrected chi connectivity index (χ1v) is 17.0. The van der Waals surface area contributed by atoms with Crippen molar-refractivity contribution in [3.8, 4) is 39.9 Å². The number of hydrogen-bond acceptors (Lipinski definition) is 5. The van der Waals surface area contributed by atoms with Crippen molar-refractivity contribution in [2.24, 2.45) is 0 Å². The summed E-state index contributed by atoms with van der Waals surface area (Å²) in [6.07, 6.45) is 0. The average Bonchev–Trinajstić information content (AvgIpc) is 3.87. The van der Waals surface area contributed by atoms with Crippen molar-refractivity contribution >= 4 is 65.7 Å². The van der Waals surface area contributed by atoms with Crippen LogP contribution in [0.25, 0.3) is 106 Å². The summed E-state index contributed by atoms with van der Waals surface area (Å²) in [6, 6.07) is 53.8. The lowest BCUT2D eigenvalue weighted by molar-refractivity contribution is 0.669. The van der Waals surface area contributed by atoms with Crippen LogP contribution >= 0.6 is 0 Å². The number of nitrogens with zero attached hydrogens (tertiary/aromatic N) is 4. The quantitative estimate of drug-likeness (QED) is 0.189. The van der Waals surface area contributed by atoms with Crippen LogP contribution in [0.5, 0.6) is 0 Å². The van der Waals surface area contributed by atoms with Crippen LogP contribution in [0, 0.1) is 0 Å². The largest absolute Gasteiger partial charge is 0.455 e. The lowest BCUT2D eigenvalue weighted by Gasteiger charge is -2.14. The molecule has 11 aromatic rings. The summed E-state index contributed by atoms with van der Waals surface area (Å²) in [5.74, 6) is 1.59. The molecule has 0 saturated carbocycles. The number of rotatable bonds is 4. The molecule has 0 saturated heterocycles. The molecular formula is C45H26N4O2. The molecular weight excluding hydrogens is 629 g/mol. The van der Waals surface area contributed by atoms with Crippen LogP contribution in [0.3, 0.4) is 0 Å². The van der Waals surface area contributed by atoms with Gasteiger partial charge in [0.25, 0.3) is 0 Å². The molecule has 0 fully saturated rings. The summed E-state index contributed by atoms with van der Waals surface area (Å²) in [6.45, 7) is 0. The second-order valence-electron chi connectivity index (χ2n) is 12.8. The van der Waals surface area contributed by atoms with Gasteiger partial charge in [0.05, 0.1) is 27.8 Å².